The normalized spacial score (nSPS) is 11.8. The lowest BCUT2D eigenvalue weighted by Gasteiger charge is -2.13. The first-order valence-corrected chi connectivity index (χ1v) is 5.10. The Morgan fingerprint density at radius 2 is 2.20 bits per heavy atom. The number of hydrogen-bond donors (Lipinski definition) is 1. The maximum atomic E-state index is 8.38. The van der Waals surface area contributed by atoms with Crippen molar-refractivity contribution in [3.05, 3.63) is 29.8 Å². The van der Waals surface area contributed by atoms with Gasteiger partial charge in [-0.25, -0.2) is 0 Å². The molecular weight excluding hydrogens is 188 g/mol. The Hall–Kier alpha value is -1.53. The minimum atomic E-state index is -0.0304. The molecule has 0 amide bonds. The molecule has 0 aromatic heterocycles. The highest BCUT2D eigenvalue weighted by Gasteiger charge is 2.06. The van der Waals surface area contributed by atoms with Crippen LogP contribution in [0.4, 0.5) is 0 Å². The molecule has 0 saturated heterocycles. The third kappa shape index (κ3) is 3.61. The van der Waals surface area contributed by atoms with Gasteiger partial charge in [0.2, 0.25) is 0 Å². The SMILES string of the molecule is C[C@H](N)c1ccccc1OCCCC#N. The van der Waals surface area contributed by atoms with Gasteiger partial charge in [0, 0.05) is 18.0 Å². The molecular formula is C12H16N2O. The largest absolute Gasteiger partial charge is 0.493 e. The number of ether oxygens (including phenoxy) is 1. The maximum Gasteiger partial charge on any atom is 0.124 e. The van der Waals surface area contributed by atoms with Crippen molar-refractivity contribution in [3.8, 4) is 11.8 Å². The third-order valence-electron chi connectivity index (χ3n) is 2.10. The molecule has 0 radical (unpaired) electrons. The summed E-state index contributed by atoms with van der Waals surface area (Å²) in [7, 11) is 0. The van der Waals surface area contributed by atoms with Crippen LogP contribution in [0, 0.1) is 11.3 Å². The monoisotopic (exact) mass is 204 g/mol. The summed E-state index contributed by atoms with van der Waals surface area (Å²) in [6.45, 7) is 2.49. The Morgan fingerprint density at radius 3 is 2.87 bits per heavy atom. The van der Waals surface area contributed by atoms with Crippen molar-refractivity contribution in [2.75, 3.05) is 6.61 Å². The quantitative estimate of drug-likeness (QED) is 0.749. The van der Waals surface area contributed by atoms with E-state index in [9.17, 15) is 0 Å². The van der Waals surface area contributed by atoms with E-state index in [1.54, 1.807) is 0 Å². The summed E-state index contributed by atoms with van der Waals surface area (Å²) >= 11 is 0. The van der Waals surface area contributed by atoms with Gasteiger partial charge in [0.15, 0.2) is 0 Å². The fourth-order valence-corrected chi connectivity index (χ4v) is 1.32. The van der Waals surface area contributed by atoms with E-state index >= 15 is 0 Å². The van der Waals surface area contributed by atoms with E-state index < -0.39 is 0 Å². The van der Waals surface area contributed by atoms with E-state index in [2.05, 4.69) is 6.07 Å². The minimum absolute atomic E-state index is 0.0304. The Labute approximate surface area is 90.5 Å². The first kappa shape index (κ1) is 11.5. The molecule has 3 nitrogen and oxygen atoms in total. The molecule has 1 aromatic carbocycles. The highest BCUT2D eigenvalue weighted by Crippen LogP contribution is 2.23. The molecule has 3 heteroatoms. The average molecular weight is 204 g/mol. The molecule has 2 N–H and O–H groups in total. The molecule has 0 saturated carbocycles. The van der Waals surface area contributed by atoms with Crippen LogP contribution in [0.5, 0.6) is 5.75 Å². The van der Waals surface area contributed by atoms with Gasteiger partial charge in [-0.15, -0.1) is 0 Å². The second-order valence-electron chi connectivity index (χ2n) is 3.44. The van der Waals surface area contributed by atoms with E-state index in [-0.39, 0.29) is 6.04 Å². The second-order valence-corrected chi connectivity index (χ2v) is 3.44. The summed E-state index contributed by atoms with van der Waals surface area (Å²) in [4.78, 5) is 0. The number of nitrogens with two attached hydrogens (primary N) is 1. The number of unbranched alkanes of at least 4 members (excludes halogenated alkanes) is 1. The molecule has 0 aliphatic rings. The predicted octanol–water partition coefficient (Wildman–Crippen LogP) is 2.39. The summed E-state index contributed by atoms with van der Waals surface area (Å²) in [5.41, 5.74) is 6.82. The van der Waals surface area contributed by atoms with Crippen molar-refractivity contribution in [1.82, 2.24) is 0 Å². The highest BCUT2D eigenvalue weighted by atomic mass is 16.5. The van der Waals surface area contributed by atoms with E-state index in [1.807, 2.05) is 31.2 Å². The molecule has 0 fully saturated rings. The van der Waals surface area contributed by atoms with Crippen LogP contribution >= 0.6 is 0 Å². The molecule has 1 atom stereocenters. The minimum Gasteiger partial charge on any atom is -0.493 e. The van der Waals surface area contributed by atoms with Crippen molar-refractivity contribution < 1.29 is 4.74 Å². The average Bonchev–Trinajstić information content (AvgIpc) is 2.25. The van der Waals surface area contributed by atoms with Gasteiger partial charge in [-0.1, -0.05) is 18.2 Å². The first-order valence-electron chi connectivity index (χ1n) is 5.10. The van der Waals surface area contributed by atoms with Gasteiger partial charge in [-0.3, -0.25) is 0 Å². The van der Waals surface area contributed by atoms with E-state index in [0.717, 1.165) is 17.7 Å². The predicted molar refractivity (Wildman–Crippen MR) is 59.4 cm³/mol. The zero-order valence-corrected chi connectivity index (χ0v) is 8.94. The molecule has 80 valence electrons. The highest BCUT2D eigenvalue weighted by molar-refractivity contribution is 5.35. The van der Waals surface area contributed by atoms with Gasteiger partial charge in [0.1, 0.15) is 5.75 Å². The summed E-state index contributed by atoms with van der Waals surface area (Å²) in [5, 5.41) is 8.38. The number of nitriles is 1. The molecule has 0 unspecified atom stereocenters. The molecule has 15 heavy (non-hydrogen) atoms. The van der Waals surface area contributed by atoms with Crippen LogP contribution in [0.3, 0.4) is 0 Å². The molecule has 0 heterocycles. The Bertz CT molecular complexity index is 342. The second kappa shape index (κ2) is 6.05. The van der Waals surface area contributed by atoms with Gasteiger partial charge in [0.05, 0.1) is 12.7 Å². The smallest absolute Gasteiger partial charge is 0.124 e. The van der Waals surface area contributed by atoms with Gasteiger partial charge >= 0.3 is 0 Å². The zero-order chi connectivity index (χ0) is 11.1. The van der Waals surface area contributed by atoms with Crippen molar-refractivity contribution >= 4 is 0 Å². The van der Waals surface area contributed by atoms with Crippen molar-refractivity contribution in [2.45, 2.75) is 25.8 Å². The fourth-order valence-electron chi connectivity index (χ4n) is 1.32. The van der Waals surface area contributed by atoms with Crippen LogP contribution in [0.1, 0.15) is 31.4 Å². The van der Waals surface area contributed by atoms with Crippen molar-refractivity contribution in [3.63, 3.8) is 0 Å². The van der Waals surface area contributed by atoms with Crippen molar-refractivity contribution in [2.24, 2.45) is 5.73 Å². The van der Waals surface area contributed by atoms with E-state index in [4.69, 9.17) is 15.7 Å². The molecule has 1 rings (SSSR count). The Kier molecular flexibility index (Phi) is 4.65. The topological polar surface area (TPSA) is 59.0 Å². The van der Waals surface area contributed by atoms with Gasteiger partial charge < -0.3 is 10.5 Å². The van der Waals surface area contributed by atoms with Crippen LogP contribution < -0.4 is 10.5 Å². The molecule has 0 bridgehead atoms. The van der Waals surface area contributed by atoms with E-state index in [0.29, 0.717) is 13.0 Å². The first-order chi connectivity index (χ1) is 7.25. The molecule has 0 aliphatic heterocycles. The number of para-hydroxylation sites is 1. The van der Waals surface area contributed by atoms with Crippen LogP contribution in [0.15, 0.2) is 24.3 Å². The lowest BCUT2D eigenvalue weighted by molar-refractivity contribution is 0.308. The molecule has 0 aliphatic carbocycles. The number of benzene rings is 1. The zero-order valence-electron chi connectivity index (χ0n) is 8.94. The van der Waals surface area contributed by atoms with Crippen molar-refractivity contribution in [1.29, 1.82) is 5.26 Å². The maximum absolute atomic E-state index is 8.38. The Morgan fingerprint density at radius 1 is 1.47 bits per heavy atom. The van der Waals surface area contributed by atoms with Crippen LogP contribution in [0.25, 0.3) is 0 Å². The third-order valence-corrected chi connectivity index (χ3v) is 2.10. The van der Waals surface area contributed by atoms with Gasteiger partial charge in [-0.2, -0.15) is 5.26 Å². The number of hydrogen-bond acceptors (Lipinski definition) is 3. The molecule has 1 aromatic rings. The number of nitrogens with zero attached hydrogens (tertiary/aromatic N) is 1. The van der Waals surface area contributed by atoms with Crippen LogP contribution in [-0.2, 0) is 0 Å². The summed E-state index contributed by atoms with van der Waals surface area (Å²) in [5.74, 6) is 0.824. The summed E-state index contributed by atoms with van der Waals surface area (Å²) in [6, 6.07) is 9.79. The lowest BCUT2D eigenvalue weighted by atomic mass is 10.1. The fraction of sp³-hybridized carbons (Fsp3) is 0.417. The van der Waals surface area contributed by atoms with Gasteiger partial charge in [-0.05, 0) is 19.4 Å². The van der Waals surface area contributed by atoms with Crippen LogP contribution in [-0.4, -0.2) is 6.61 Å². The van der Waals surface area contributed by atoms with Gasteiger partial charge in [0.25, 0.3) is 0 Å². The number of rotatable bonds is 5. The molecule has 0 spiro atoms. The summed E-state index contributed by atoms with van der Waals surface area (Å²) < 4.78 is 5.57. The lowest BCUT2D eigenvalue weighted by Crippen LogP contribution is -2.08. The Balaban J connectivity index is 2.56. The van der Waals surface area contributed by atoms with E-state index in [1.165, 1.54) is 0 Å². The standard InChI is InChI=1S/C12H16N2O/c1-10(14)11-6-2-3-7-12(11)15-9-5-4-8-13/h2-3,6-7,10H,4-5,9,14H2,1H3/t10-/m0/s1. The summed E-state index contributed by atoms with van der Waals surface area (Å²) in [6.07, 6.45) is 1.28. The van der Waals surface area contributed by atoms with Crippen LogP contribution in [0.2, 0.25) is 0 Å².